The van der Waals surface area contributed by atoms with E-state index in [1.807, 2.05) is 13.8 Å². The van der Waals surface area contributed by atoms with Crippen LogP contribution < -0.4 is 5.32 Å². The fourth-order valence-electron chi connectivity index (χ4n) is 0.731. The van der Waals surface area contributed by atoms with E-state index in [4.69, 9.17) is 0 Å². The summed E-state index contributed by atoms with van der Waals surface area (Å²) in [5.41, 5.74) is 1.02. The molecule has 0 rings (SSSR count). The highest BCUT2D eigenvalue weighted by molar-refractivity contribution is 5.82. The van der Waals surface area contributed by atoms with E-state index < -0.39 is 0 Å². The van der Waals surface area contributed by atoms with E-state index in [9.17, 15) is 4.79 Å². The first-order chi connectivity index (χ1) is 5.20. The molecule has 0 saturated carbocycles. The molecule has 0 aliphatic carbocycles. The van der Waals surface area contributed by atoms with E-state index in [0.29, 0.717) is 13.0 Å². The number of Topliss-reactive ketones (excluding diaryl/α,β-unsaturated/α-hetero) is 1. The molecular weight excluding hydrogens is 138 g/mol. The average Bonchev–Trinajstić information content (AvgIpc) is 2.00. The predicted molar refractivity (Wildman–Crippen MR) is 47.6 cm³/mol. The van der Waals surface area contributed by atoms with Crippen LogP contribution in [0.25, 0.3) is 0 Å². The number of ketones is 1. The summed E-state index contributed by atoms with van der Waals surface area (Å²) in [4.78, 5) is 11.0. The van der Waals surface area contributed by atoms with Gasteiger partial charge in [-0.25, -0.2) is 0 Å². The first-order valence-corrected chi connectivity index (χ1v) is 4.09. The normalized spacial score (nSPS) is 9.64. The molecule has 11 heavy (non-hydrogen) atoms. The molecule has 0 aromatic carbocycles. The molecule has 0 fully saturated rings. The van der Waals surface area contributed by atoms with Crippen LogP contribution in [0.1, 0.15) is 26.7 Å². The van der Waals surface area contributed by atoms with Gasteiger partial charge in [0.25, 0.3) is 0 Å². The molecule has 2 heteroatoms. The molecule has 0 heterocycles. The number of allylic oxidation sites excluding steroid dienone is 1. The molecule has 0 bridgehead atoms. The standard InChI is InChI=1S/C9H17NO/c1-4-8(3)6-9(11)7-10-5-2/h10H,3-7H2,1-2H3. The molecule has 0 amide bonds. The van der Waals surface area contributed by atoms with E-state index in [2.05, 4.69) is 11.9 Å². The van der Waals surface area contributed by atoms with Crippen LogP contribution in [0.5, 0.6) is 0 Å². The zero-order chi connectivity index (χ0) is 8.69. The lowest BCUT2D eigenvalue weighted by Crippen LogP contribution is -2.22. The van der Waals surface area contributed by atoms with Crippen molar-refractivity contribution in [2.45, 2.75) is 26.7 Å². The molecule has 0 aliphatic rings. The van der Waals surface area contributed by atoms with Crippen LogP contribution in [-0.4, -0.2) is 18.9 Å². The number of likely N-dealkylation sites (N-methyl/N-ethyl adjacent to an activating group) is 1. The van der Waals surface area contributed by atoms with E-state index in [1.54, 1.807) is 0 Å². The molecule has 0 unspecified atom stereocenters. The summed E-state index contributed by atoms with van der Waals surface area (Å²) in [5, 5.41) is 2.99. The van der Waals surface area contributed by atoms with Crippen molar-refractivity contribution in [3.05, 3.63) is 12.2 Å². The van der Waals surface area contributed by atoms with Gasteiger partial charge in [0.2, 0.25) is 0 Å². The summed E-state index contributed by atoms with van der Waals surface area (Å²) in [6.07, 6.45) is 1.43. The number of hydrogen-bond donors (Lipinski definition) is 1. The minimum Gasteiger partial charge on any atom is -0.310 e. The Morgan fingerprint density at radius 2 is 2.09 bits per heavy atom. The van der Waals surface area contributed by atoms with Gasteiger partial charge in [-0.1, -0.05) is 26.0 Å². The minimum atomic E-state index is 0.235. The highest BCUT2D eigenvalue weighted by Crippen LogP contribution is 2.02. The zero-order valence-corrected chi connectivity index (χ0v) is 7.44. The Morgan fingerprint density at radius 1 is 1.45 bits per heavy atom. The monoisotopic (exact) mass is 155 g/mol. The van der Waals surface area contributed by atoms with Gasteiger partial charge >= 0.3 is 0 Å². The van der Waals surface area contributed by atoms with Gasteiger partial charge in [-0.15, -0.1) is 0 Å². The molecule has 0 aliphatic heterocycles. The molecular formula is C9H17NO. The van der Waals surface area contributed by atoms with Crippen molar-refractivity contribution in [3.8, 4) is 0 Å². The molecule has 0 atom stereocenters. The van der Waals surface area contributed by atoms with Crippen molar-refractivity contribution in [1.82, 2.24) is 5.32 Å². The van der Waals surface area contributed by atoms with E-state index in [-0.39, 0.29) is 5.78 Å². The Morgan fingerprint density at radius 3 is 2.55 bits per heavy atom. The highest BCUT2D eigenvalue weighted by Gasteiger charge is 2.01. The number of carbonyl (C=O) groups is 1. The third kappa shape index (κ3) is 5.80. The maximum atomic E-state index is 11.0. The van der Waals surface area contributed by atoms with Crippen molar-refractivity contribution in [2.75, 3.05) is 13.1 Å². The average molecular weight is 155 g/mol. The summed E-state index contributed by atoms with van der Waals surface area (Å²) in [5.74, 6) is 0.235. The lowest BCUT2D eigenvalue weighted by Gasteiger charge is -2.01. The predicted octanol–water partition coefficient (Wildman–Crippen LogP) is 1.52. The number of nitrogens with one attached hydrogen (secondary N) is 1. The maximum Gasteiger partial charge on any atom is 0.150 e. The van der Waals surface area contributed by atoms with Gasteiger partial charge in [0.05, 0.1) is 6.54 Å². The van der Waals surface area contributed by atoms with E-state index >= 15 is 0 Å². The Balaban J connectivity index is 3.44. The van der Waals surface area contributed by atoms with Crippen molar-refractivity contribution in [2.24, 2.45) is 0 Å². The zero-order valence-electron chi connectivity index (χ0n) is 7.44. The van der Waals surface area contributed by atoms with Gasteiger partial charge in [0.1, 0.15) is 0 Å². The molecule has 0 aromatic rings. The Hall–Kier alpha value is -0.630. The number of rotatable bonds is 6. The second-order valence-corrected chi connectivity index (χ2v) is 2.60. The van der Waals surface area contributed by atoms with Gasteiger partial charge in [-0.2, -0.15) is 0 Å². The number of carbonyl (C=O) groups excluding carboxylic acids is 1. The Kier molecular flexibility index (Phi) is 5.75. The molecule has 2 nitrogen and oxygen atoms in total. The van der Waals surface area contributed by atoms with Crippen LogP contribution in [0.3, 0.4) is 0 Å². The molecule has 0 spiro atoms. The Bertz CT molecular complexity index is 140. The summed E-state index contributed by atoms with van der Waals surface area (Å²) in [7, 11) is 0. The minimum absolute atomic E-state index is 0.235. The molecule has 1 N–H and O–H groups in total. The van der Waals surface area contributed by atoms with Crippen LogP contribution in [-0.2, 0) is 4.79 Å². The van der Waals surface area contributed by atoms with Gasteiger partial charge in [-0.3, -0.25) is 4.79 Å². The second kappa shape index (κ2) is 6.10. The van der Waals surface area contributed by atoms with Crippen LogP contribution in [0.15, 0.2) is 12.2 Å². The van der Waals surface area contributed by atoms with Crippen molar-refractivity contribution < 1.29 is 4.79 Å². The van der Waals surface area contributed by atoms with Gasteiger partial charge in [0, 0.05) is 6.42 Å². The third-order valence-electron chi connectivity index (χ3n) is 1.52. The Labute approximate surface area is 68.7 Å². The highest BCUT2D eigenvalue weighted by atomic mass is 16.1. The van der Waals surface area contributed by atoms with E-state index in [0.717, 1.165) is 18.5 Å². The second-order valence-electron chi connectivity index (χ2n) is 2.60. The molecule has 64 valence electrons. The van der Waals surface area contributed by atoms with Crippen LogP contribution in [0.4, 0.5) is 0 Å². The van der Waals surface area contributed by atoms with Gasteiger partial charge in [0.15, 0.2) is 5.78 Å². The van der Waals surface area contributed by atoms with Gasteiger partial charge < -0.3 is 5.32 Å². The number of hydrogen-bond acceptors (Lipinski definition) is 2. The first kappa shape index (κ1) is 10.4. The van der Waals surface area contributed by atoms with Gasteiger partial charge in [-0.05, 0) is 13.0 Å². The smallest absolute Gasteiger partial charge is 0.150 e. The summed E-state index contributed by atoms with van der Waals surface area (Å²) in [6, 6.07) is 0. The molecule has 0 radical (unpaired) electrons. The van der Waals surface area contributed by atoms with Crippen LogP contribution in [0.2, 0.25) is 0 Å². The van der Waals surface area contributed by atoms with Crippen molar-refractivity contribution in [3.63, 3.8) is 0 Å². The largest absolute Gasteiger partial charge is 0.310 e. The lowest BCUT2D eigenvalue weighted by molar-refractivity contribution is -0.117. The van der Waals surface area contributed by atoms with Crippen molar-refractivity contribution in [1.29, 1.82) is 0 Å². The summed E-state index contributed by atoms with van der Waals surface area (Å²) < 4.78 is 0. The molecule has 0 aromatic heterocycles. The fourth-order valence-corrected chi connectivity index (χ4v) is 0.731. The lowest BCUT2D eigenvalue weighted by atomic mass is 10.1. The van der Waals surface area contributed by atoms with Crippen LogP contribution >= 0.6 is 0 Å². The topological polar surface area (TPSA) is 29.1 Å². The SMILES string of the molecule is C=C(CC)CC(=O)CNCC. The maximum absolute atomic E-state index is 11.0. The summed E-state index contributed by atoms with van der Waals surface area (Å²) >= 11 is 0. The molecule has 0 saturated heterocycles. The fraction of sp³-hybridized carbons (Fsp3) is 0.667. The van der Waals surface area contributed by atoms with Crippen LogP contribution in [0, 0.1) is 0 Å². The van der Waals surface area contributed by atoms with Crippen molar-refractivity contribution >= 4 is 5.78 Å². The first-order valence-electron chi connectivity index (χ1n) is 4.09. The van der Waals surface area contributed by atoms with E-state index in [1.165, 1.54) is 0 Å². The summed E-state index contributed by atoms with van der Waals surface area (Å²) in [6.45, 7) is 9.11. The third-order valence-corrected chi connectivity index (χ3v) is 1.52. The quantitative estimate of drug-likeness (QED) is 0.589.